The highest BCUT2D eigenvalue weighted by molar-refractivity contribution is 6.33. The van der Waals surface area contributed by atoms with Crippen LogP contribution in [0, 0.1) is 0 Å². The lowest BCUT2D eigenvalue weighted by molar-refractivity contribution is -0.122. The highest BCUT2D eigenvalue weighted by atomic mass is 35.5. The number of carboxylic acid groups (broad SMARTS) is 1. The predicted octanol–water partition coefficient (Wildman–Crippen LogP) is 0.495. The van der Waals surface area contributed by atoms with E-state index in [1.807, 2.05) is 7.05 Å². The zero-order valence-corrected chi connectivity index (χ0v) is 12.6. The van der Waals surface area contributed by atoms with Gasteiger partial charge in [-0.15, -0.1) is 0 Å². The van der Waals surface area contributed by atoms with Crippen molar-refractivity contribution in [3.63, 3.8) is 0 Å². The maximum atomic E-state index is 12.1. The minimum Gasteiger partial charge on any atom is -0.483 e. The molecule has 0 spiro atoms. The van der Waals surface area contributed by atoms with Gasteiger partial charge in [0.05, 0.1) is 22.7 Å². The second kappa shape index (κ2) is 8.56. The average Bonchev–Trinajstić information content (AvgIpc) is 2.80. The molecule has 8 heteroatoms. The van der Waals surface area contributed by atoms with Crippen molar-refractivity contribution < 1.29 is 19.4 Å². The molecular weight excluding hydrogens is 298 g/mol. The Morgan fingerprint density at radius 1 is 1.62 bits per heavy atom. The molecule has 0 saturated carbocycles. The Morgan fingerprint density at radius 3 is 2.86 bits per heavy atom. The van der Waals surface area contributed by atoms with Crippen LogP contribution >= 0.6 is 11.6 Å². The fourth-order valence-corrected chi connectivity index (χ4v) is 2.35. The molecule has 116 valence electrons. The molecule has 1 aliphatic rings. The highest BCUT2D eigenvalue weighted by Crippen LogP contribution is 2.15. The normalized spacial score (nSPS) is 21.3. The van der Waals surface area contributed by atoms with Crippen molar-refractivity contribution in [1.29, 1.82) is 0 Å². The van der Waals surface area contributed by atoms with Gasteiger partial charge >= 0.3 is 0 Å². The number of likely N-dealkylation sites (tertiary alicyclic amines) is 1. The van der Waals surface area contributed by atoms with Crippen LogP contribution in [0.15, 0.2) is 18.5 Å². The van der Waals surface area contributed by atoms with Crippen LogP contribution in [0.3, 0.4) is 0 Å². The Hall–Kier alpha value is -1.70. The molecule has 2 N–H and O–H groups in total. The van der Waals surface area contributed by atoms with Crippen LogP contribution in [-0.4, -0.2) is 66.8 Å². The second-order valence-electron chi connectivity index (χ2n) is 4.54. The molecular formula is C13H18ClN3O4. The summed E-state index contributed by atoms with van der Waals surface area (Å²) in [4.78, 5) is 26.4. The van der Waals surface area contributed by atoms with Gasteiger partial charge in [0, 0.05) is 32.6 Å². The first-order valence-electron chi connectivity index (χ1n) is 6.23. The van der Waals surface area contributed by atoms with E-state index in [9.17, 15) is 4.79 Å². The third kappa shape index (κ3) is 4.96. The van der Waals surface area contributed by atoms with Gasteiger partial charge in [0.1, 0.15) is 0 Å². The largest absolute Gasteiger partial charge is 0.483 e. The topological polar surface area (TPSA) is 91.8 Å². The molecule has 1 saturated heterocycles. The lowest BCUT2D eigenvalue weighted by Gasteiger charge is -2.18. The summed E-state index contributed by atoms with van der Waals surface area (Å²) >= 11 is 5.94. The molecule has 21 heavy (non-hydrogen) atoms. The number of likely N-dealkylation sites (N-methyl/N-ethyl adjacent to an activating group) is 1. The van der Waals surface area contributed by atoms with Gasteiger partial charge in [-0.05, 0) is 13.1 Å². The van der Waals surface area contributed by atoms with Gasteiger partial charge in [-0.2, -0.15) is 0 Å². The molecule has 0 aliphatic carbocycles. The summed E-state index contributed by atoms with van der Waals surface area (Å²) in [7, 11) is 3.65. The van der Waals surface area contributed by atoms with Gasteiger partial charge in [0.25, 0.3) is 12.4 Å². The Labute approximate surface area is 127 Å². The van der Waals surface area contributed by atoms with Gasteiger partial charge in [-0.3, -0.25) is 14.6 Å². The molecule has 1 fully saturated rings. The minimum atomic E-state index is -0.250. The van der Waals surface area contributed by atoms with Crippen molar-refractivity contribution in [2.24, 2.45) is 0 Å². The molecule has 1 aromatic heterocycles. The quantitative estimate of drug-likeness (QED) is 0.789. The van der Waals surface area contributed by atoms with Crippen molar-refractivity contribution >= 4 is 24.0 Å². The molecule has 7 nitrogen and oxygen atoms in total. The third-order valence-corrected chi connectivity index (χ3v) is 3.39. The van der Waals surface area contributed by atoms with E-state index in [0.717, 1.165) is 13.1 Å². The Bertz CT molecular complexity index is 486. The number of ether oxygens (including phenoxy) is 1. The van der Waals surface area contributed by atoms with E-state index in [1.54, 1.807) is 19.4 Å². The number of halogens is 1. The van der Waals surface area contributed by atoms with Crippen LogP contribution in [0.2, 0.25) is 5.02 Å². The summed E-state index contributed by atoms with van der Waals surface area (Å²) in [6.45, 7) is 1.33. The summed E-state index contributed by atoms with van der Waals surface area (Å²) in [5.41, 5.74) is 0.441. The smallest absolute Gasteiger partial charge is 0.290 e. The zero-order valence-electron chi connectivity index (χ0n) is 11.8. The van der Waals surface area contributed by atoms with Crippen molar-refractivity contribution in [2.45, 2.75) is 12.1 Å². The van der Waals surface area contributed by atoms with Crippen LogP contribution in [0.5, 0.6) is 0 Å². The first-order chi connectivity index (χ1) is 10.0. The van der Waals surface area contributed by atoms with E-state index in [1.165, 1.54) is 6.20 Å². The fourth-order valence-electron chi connectivity index (χ4n) is 2.15. The predicted molar refractivity (Wildman–Crippen MR) is 77.5 cm³/mol. The summed E-state index contributed by atoms with van der Waals surface area (Å²) in [5.74, 6) is -0.190. The van der Waals surface area contributed by atoms with Gasteiger partial charge in [-0.1, -0.05) is 11.6 Å². The number of pyridine rings is 1. The number of carbonyl (C=O) groups excluding carboxylic acids is 1. The monoisotopic (exact) mass is 315 g/mol. The van der Waals surface area contributed by atoms with Crippen LogP contribution in [0.4, 0.5) is 0 Å². The van der Waals surface area contributed by atoms with E-state index < -0.39 is 0 Å². The number of hydrogen-bond donors (Lipinski definition) is 2. The highest BCUT2D eigenvalue weighted by Gasteiger charge is 2.32. The number of rotatable bonds is 3. The summed E-state index contributed by atoms with van der Waals surface area (Å²) in [5, 5.41) is 10.2. The third-order valence-electron chi connectivity index (χ3n) is 3.09. The van der Waals surface area contributed by atoms with E-state index in [0.29, 0.717) is 10.6 Å². The number of nitrogens with one attached hydrogen (secondary N) is 1. The van der Waals surface area contributed by atoms with Gasteiger partial charge in [0.15, 0.2) is 0 Å². The molecule has 2 atom stereocenters. The average molecular weight is 316 g/mol. The maximum absolute atomic E-state index is 12.1. The SMILES string of the molecule is CO[C@H]1CN(C)C[C@@H]1NC(=O)c1ccncc1Cl.O=CO. The van der Waals surface area contributed by atoms with Crippen molar-refractivity contribution in [3.05, 3.63) is 29.0 Å². The number of aromatic nitrogens is 1. The van der Waals surface area contributed by atoms with Gasteiger partial charge in [0.2, 0.25) is 0 Å². The van der Waals surface area contributed by atoms with Crippen molar-refractivity contribution in [3.8, 4) is 0 Å². The molecule has 1 amide bonds. The Morgan fingerprint density at radius 2 is 2.29 bits per heavy atom. The molecule has 1 aliphatic heterocycles. The van der Waals surface area contributed by atoms with Crippen molar-refractivity contribution in [1.82, 2.24) is 15.2 Å². The van der Waals surface area contributed by atoms with E-state index in [-0.39, 0.29) is 24.5 Å². The van der Waals surface area contributed by atoms with E-state index >= 15 is 0 Å². The number of hydrogen-bond acceptors (Lipinski definition) is 5. The Balaban J connectivity index is 0.000000677. The van der Waals surface area contributed by atoms with Gasteiger partial charge < -0.3 is 20.1 Å². The fraction of sp³-hybridized carbons (Fsp3) is 0.462. The summed E-state index contributed by atoms with van der Waals surface area (Å²) < 4.78 is 5.36. The Kier molecular flexibility index (Phi) is 7.07. The maximum Gasteiger partial charge on any atom is 0.290 e. The number of amides is 1. The number of nitrogens with zero attached hydrogens (tertiary/aromatic N) is 2. The van der Waals surface area contributed by atoms with Crippen molar-refractivity contribution in [2.75, 3.05) is 27.2 Å². The molecule has 2 rings (SSSR count). The van der Waals surface area contributed by atoms with E-state index in [4.69, 9.17) is 26.2 Å². The molecule has 0 aromatic carbocycles. The lowest BCUT2D eigenvalue weighted by Crippen LogP contribution is -2.43. The zero-order chi connectivity index (χ0) is 15.8. The summed E-state index contributed by atoms with van der Waals surface area (Å²) in [6, 6.07) is 1.59. The van der Waals surface area contributed by atoms with Gasteiger partial charge in [-0.25, -0.2) is 0 Å². The molecule has 1 aromatic rings. The molecule has 0 bridgehead atoms. The van der Waals surface area contributed by atoms with Crippen LogP contribution in [0.1, 0.15) is 10.4 Å². The first kappa shape index (κ1) is 17.4. The molecule has 0 radical (unpaired) electrons. The number of methoxy groups -OCH3 is 1. The summed E-state index contributed by atoms with van der Waals surface area (Å²) in [6.07, 6.45) is 3.03. The second-order valence-corrected chi connectivity index (χ2v) is 4.94. The minimum absolute atomic E-state index is 0.0135. The first-order valence-corrected chi connectivity index (χ1v) is 6.60. The lowest BCUT2D eigenvalue weighted by atomic mass is 10.2. The molecule has 0 unspecified atom stereocenters. The standard InChI is InChI=1S/C12H16ClN3O2.CH2O2/c1-16-6-10(11(7-16)18-2)15-12(17)8-3-4-14-5-9(8)13;2-1-3/h3-5,10-11H,6-7H2,1-2H3,(H,15,17);1H,(H,2,3)/t10-,11-;/m0./s1. The number of carbonyl (C=O) groups is 2. The van der Waals surface area contributed by atoms with Crippen LogP contribution < -0.4 is 5.32 Å². The van der Waals surface area contributed by atoms with E-state index in [2.05, 4.69) is 15.2 Å². The van der Waals surface area contributed by atoms with Crippen LogP contribution in [-0.2, 0) is 9.53 Å². The molecule has 2 heterocycles. The van der Waals surface area contributed by atoms with Crippen LogP contribution in [0.25, 0.3) is 0 Å².